The first-order valence-corrected chi connectivity index (χ1v) is 9.38. The molecule has 1 saturated heterocycles. The van der Waals surface area contributed by atoms with Gasteiger partial charge in [0.25, 0.3) is 15.6 Å². The van der Waals surface area contributed by atoms with E-state index in [1.807, 2.05) is 0 Å². The van der Waals surface area contributed by atoms with E-state index >= 15 is 0 Å². The van der Waals surface area contributed by atoms with Gasteiger partial charge in [0.2, 0.25) is 5.09 Å². The molecule has 0 N–H and O–H groups in total. The van der Waals surface area contributed by atoms with Gasteiger partial charge in [0, 0.05) is 19.3 Å². The molecule has 0 bridgehead atoms. The lowest BCUT2D eigenvalue weighted by Crippen LogP contribution is -2.27. The largest absolute Gasteiger partial charge is 0.446 e. The van der Waals surface area contributed by atoms with Gasteiger partial charge < -0.3 is 4.42 Å². The van der Waals surface area contributed by atoms with E-state index in [0.717, 1.165) is 12.8 Å². The summed E-state index contributed by atoms with van der Waals surface area (Å²) in [4.78, 5) is 20.6. The summed E-state index contributed by atoms with van der Waals surface area (Å²) in [5.74, 6) is 0.384. The second-order valence-corrected chi connectivity index (χ2v) is 7.77. The minimum absolute atomic E-state index is 0.0876. The van der Waals surface area contributed by atoms with Gasteiger partial charge in [-0.05, 0) is 31.0 Å². The summed E-state index contributed by atoms with van der Waals surface area (Å²) in [7, 11) is -3.60. The Hall–Kier alpha value is -2.52. The lowest BCUT2D eigenvalue weighted by Gasteiger charge is -2.12. The Kier molecular flexibility index (Phi) is 3.89. The summed E-state index contributed by atoms with van der Waals surface area (Å²) < 4.78 is 33.3. The van der Waals surface area contributed by atoms with Crippen molar-refractivity contribution in [1.29, 1.82) is 0 Å². The summed E-state index contributed by atoms with van der Waals surface area (Å²) in [5.41, 5.74) is 0.285. The zero-order valence-corrected chi connectivity index (χ0v) is 14.1. The molecule has 0 saturated carbocycles. The van der Waals surface area contributed by atoms with Gasteiger partial charge in [0.05, 0.1) is 30.0 Å². The summed E-state index contributed by atoms with van der Waals surface area (Å²) >= 11 is 0. The van der Waals surface area contributed by atoms with E-state index in [9.17, 15) is 13.2 Å². The van der Waals surface area contributed by atoms with Crippen molar-refractivity contribution in [3.05, 3.63) is 53.0 Å². The Morgan fingerprint density at radius 1 is 1.16 bits per heavy atom. The number of pyridine rings is 1. The third kappa shape index (κ3) is 2.85. The molecule has 1 fully saturated rings. The zero-order chi connectivity index (χ0) is 17.4. The third-order valence-corrected chi connectivity index (χ3v) is 6.02. The molecule has 0 atom stereocenters. The molecule has 8 nitrogen and oxygen atoms in total. The summed E-state index contributed by atoms with van der Waals surface area (Å²) in [5, 5.41) is 0.365. The normalized spacial score (nSPS) is 15.8. The van der Waals surface area contributed by atoms with Crippen molar-refractivity contribution in [2.75, 3.05) is 13.1 Å². The van der Waals surface area contributed by atoms with Crippen LogP contribution < -0.4 is 5.56 Å². The van der Waals surface area contributed by atoms with E-state index in [4.69, 9.17) is 4.42 Å². The molecule has 130 valence electrons. The van der Waals surface area contributed by atoms with Crippen LogP contribution in [0, 0.1) is 0 Å². The van der Waals surface area contributed by atoms with Gasteiger partial charge in [-0.3, -0.25) is 14.3 Å². The molecule has 3 aromatic heterocycles. The highest BCUT2D eigenvalue weighted by Gasteiger charge is 2.29. The van der Waals surface area contributed by atoms with E-state index in [1.165, 1.54) is 33.7 Å². The van der Waals surface area contributed by atoms with E-state index in [1.54, 1.807) is 12.1 Å². The molecule has 0 radical (unpaired) electrons. The number of fused-ring (bicyclic) bond motifs is 1. The maximum atomic E-state index is 12.5. The molecule has 0 aliphatic carbocycles. The molecule has 1 aliphatic heterocycles. The van der Waals surface area contributed by atoms with Crippen LogP contribution in [-0.2, 0) is 16.6 Å². The molecule has 4 heterocycles. The second kappa shape index (κ2) is 6.08. The Balaban J connectivity index is 1.64. The average Bonchev–Trinajstić information content (AvgIpc) is 3.30. The summed E-state index contributed by atoms with van der Waals surface area (Å²) in [6.07, 6.45) is 6.18. The first-order valence-electron chi connectivity index (χ1n) is 7.94. The third-order valence-electron chi connectivity index (χ3n) is 4.25. The van der Waals surface area contributed by atoms with Crippen molar-refractivity contribution in [3.8, 4) is 0 Å². The summed E-state index contributed by atoms with van der Waals surface area (Å²) in [6, 6.07) is 4.62. The molecule has 3 aromatic rings. The first-order chi connectivity index (χ1) is 12.1. The lowest BCUT2D eigenvalue weighted by atomic mass is 10.3. The van der Waals surface area contributed by atoms with Gasteiger partial charge in [-0.15, -0.1) is 0 Å². The van der Waals surface area contributed by atoms with Crippen molar-refractivity contribution in [2.45, 2.75) is 24.5 Å². The van der Waals surface area contributed by atoms with Crippen LogP contribution in [0.15, 0.2) is 51.2 Å². The number of hydrogen-bond acceptors (Lipinski definition) is 6. The minimum atomic E-state index is -3.60. The molecular formula is C16H16N4O4S. The number of aromatic nitrogens is 3. The molecule has 25 heavy (non-hydrogen) atoms. The van der Waals surface area contributed by atoms with E-state index in [0.29, 0.717) is 29.8 Å². The average molecular weight is 360 g/mol. The van der Waals surface area contributed by atoms with Crippen molar-refractivity contribution in [3.63, 3.8) is 0 Å². The second-order valence-electron chi connectivity index (χ2n) is 5.90. The van der Waals surface area contributed by atoms with Gasteiger partial charge in [-0.1, -0.05) is 0 Å². The van der Waals surface area contributed by atoms with E-state index in [2.05, 4.69) is 9.97 Å². The molecule has 0 unspecified atom stereocenters. The Morgan fingerprint density at radius 2 is 1.96 bits per heavy atom. The van der Waals surface area contributed by atoms with Crippen molar-refractivity contribution < 1.29 is 12.8 Å². The fraction of sp³-hybridized carbons (Fsp3) is 0.312. The van der Waals surface area contributed by atoms with Gasteiger partial charge in [0.1, 0.15) is 5.76 Å². The SMILES string of the molecule is O=c1c2ccncc2ncn1Cc1ccc(S(=O)(=O)N2CCCC2)o1. The topological polar surface area (TPSA) is 98.3 Å². The fourth-order valence-corrected chi connectivity index (χ4v) is 4.37. The number of rotatable bonds is 4. The minimum Gasteiger partial charge on any atom is -0.446 e. The fourth-order valence-electron chi connectivity index (χ4n) is 2.93. The van der Waals surface area contributed by atoms with Crippen LogP contribution in [0.2, 0.25) is 0 Å². The molecule has 0 aromatic carbocycles. The van der Waals surface area contributed by atoms with Crippen LogP contribution in [-0.4, -0.2) is 40.3 Å². The first kappa shape index (κ1) is 16.0. The van der Waals surface area contributed by atoms with Crippen LogP contribution in [0.25, 0.3) is 10.9 Å². The summed E-state index contributed by atoms with van der Waals surface area (Å²) in [6.45, 7) is 1.14. The highest BCUT2D eigenvalue weighted by molar-refractivity contribution is 7.89. The maximum Gasteiger partial charge on any atom is 0.276 e. The molecule has 9 heteroatoms. The number of hydrogen-bond donors (Lipinski definition) is 0. The lowest BCUT2D eigenvalue weighted by molar-refractivity contribution is 0.383. The van der Waals surface area contributed by atoms with Crippen LogP contribution in [0.4, 0.5) is 0 Å². The van der Waals surface area contributed by atoms with Crippen LogP contribution in [0.3, 0.4) is 0 Å². The predicted molar refractivity (Wildman–Crippen MR) is 89.6 cm³/mol. The van der Waals surface area contributed by atoms with Gasteiger partial charge in [-0.2, -0.15) is 4.31 Å². The van der Waals surface area contributed by atoms with Gasteiger partial charge in [-0.25, -0.2) is 13.4 Å². The molecule has 1 aliphatic rings. The monoisotopic (exact) mass is 360 g/mol. The maximum absolute atomic E-state index is 12.5. The van der Waals surface area contributed by atoms with E-state index in [-0.39, 0.29) is 17.2 Å². The Bertz CT molecular complexity index is 1080. The highest BCUT2D eigenvalue weighted by Crippen LogP contribution is 2.23. The highest BCUT2D eigenvalue weighted by atomic mass is 32.2. The molecule has 0 spiro atoms. The van der Waals surface area contributed by atoms with Crippen LogP contribution >= 0.6 is 0 Å². The van der Waals surface area contributed by atoms with Crippen LogP contribution in [0.5, 0.6) is 0 Å². The molecule has 4 rings (SSSR count). The number of furan rings is 1. The molecular weight excluding hydrogens is 344 g/mol. The Morgan fingerprint density at radius 3 is 2.76 bits per heavy atom. The predicted octanol–water partition coefficient (Wildman–Crippen LogP) is 1.22. The van der Waals surface area contributed by atoms with Crippen molar-refractivity contribution in [2.24, 2.45) is 0 Å². The van der Waals surface area contributed by atoms with Gasteiger partial charge in [0.15, 0.2) is 0 Å². The number of nitrogens with zero attached hydrogens (tertiary/aromatic N) is 4. The number of sulfonamides is 1. The smallest absolute Gasteiger partial charge is 0.276 e. The van der Waals surface area contributed by atoms with Crippen molar-refractivity contribution >= 4 is 20.9 Å². The van der Waals surface area contributed by atoms with Crippen molar-refractivity contribution in [1.82, 2.24) is 18.8 Å². The van der Waals surface area contributed by atoms with E-state index < -0.39 is 10.0 Å². The van der Waals surface area contributed by atoms with Crippen LogP contribution in [0.1, 0.15) is 18.6 Å². The Labute approximate surface area is 143 Å². The standard InChI is InChI=1S/C16H16N4O4S/c21-16-13-5-6-17-9-14(13)18-11-19(16)10-12-3-4-15(24-12)25(22,23)20-7-1-2-8-20/h3-6,9,11H,1-2,7-8,10H2. The molecule has 0 amide bonds. The quantitative estimate of drug-likeness (QED) is 0.694. The zero-order valence-electron chi connectivity index (χ0n) is 13.3. The van der Waals surface area contributed by atoms with Gasteiger partial charge >= 0.3 is 0 Å².